The van der Waals surface area contributed by atoms with E-state index in [1.54, 1.807) is 23.3 Å². The van der Waals surface area contributed by atoms with E-state index in [0.29, 0.717) is 21.7 Å². The molecule has 3 aromatic heterocycles. The van der Waals surface area contributed by atoms with Gasteiger partial charge in [-0.2, -0.15) is 0 Å². The van der Waals surface area contributed by atoms with Gasteiger partial charge < -0.3 is 0 Å². The number of aryl methyl sites for hydroxylation is 1. The Hall–Kier alpha value is -4.63. The summed E-state index contributed by atoms with van der Waals surface area (Å²) in [4.78, 5) is 30.8. The third-order valence-electron chi connectivity index (χ3n) is 6.97. The first-order valence-electron chi connectivity index (χ1n) is 13.1. The summed E-state index contributed by atoms with van der Waals surface area (Å²) < 4.78 is 17.3. The summed E-state index contributed by atoms with van der Waals surface area (Å²) in [6.45, 7) is 6.36. The summed E-state index contributed by atoms with van der Waals surface area (Å²) in [5.41, 5.74) is 4.33. The number of aliphatic imine (C=N–C) groups is 1. The van der Waals surface area contributed by atoms with Crippen LogP contribution in [-0.2, 0) is 32.8 Å². The Morgan fingerprint density at radius 1 is 1.21 bits per heavy atom. The molecule has 1 aliphatic rings. The van der Waals surface area contributed by atoms with Crippen LogP contribution in [0.4, 0.5) is 4.39 Å². The molecule has 0 atom stereocenters. The van der Waals surface area contributed by atoms with Crippen LogP contribution in [0, 0.1) is 12.4 Å². The second-order valence-corrected chi connectivity index (χ2v) is 11.4. The summed E-state index contributed by atoms with van der Waals surface area (Å²) in [7, 11) is 1.89. The topological polar surface area (TPSA) is 123 Å². The molecule has 0 aliphatic heterocycles. The number of halogens is 1. The van der Waals surface area contributed by atoms with Crippen LogP contribution >= 0.6 is 0 Å². The summed E-state index contributed by atoms with van der Waals surface area (Å²) in [6, 6.07) is 9.80. The van der Waals surface area contributed by atoms with Gasteiger partial charge in [-0.05, 0) is 0 Å². The quantitative estimate of drug-likeness (QED) is 0.177. The molecule has 10 nitrogen and oxygen atoms in total. The van der Waals surface area contributed by atoms with E-state index in [4.69, 9.17) is 6.58 Å². The van der Waals surface area contributed by atoms with Gasteiger partial charge in [0.05, 0.1) is 0 Å². The van der Waals surface area contributed by atoms with Gasteiger partial charge in [0.15, 0.2) is 0 Å². The number of nitrogens with one attached hydrogen (secondary N) is 2. The number of hydrogen-bond donors (Lipinski definition) is 2. The van der Waals surface area contributed by atoms with Crippen LogP contribution in [0.2, 0.25) is 0 Å². The van der Waals surface area contributed by atoms with Crippen molar-refractivity contribution in [3.63, 3.8) is 0 Å². The summed E-state index contributed by atoms with van der Waals surface area (Å²) in [5, 5.41) is 19.3. The molecule has 1 amide bonds. The van der Waals surface area contributed by atoms with Crippen molar-refractivity contribution in [1.29, 1.82) is 0 Å². The van der Waals surface area contributed by atoms with Crippen molar-refractivity contribution < 1.29 is 28.5 Å². The zero-order valence-electron chi connectivity index (χ0n) is 22.4. The number of nitrogens with zero attached hydrogens (tertiary/aromatic N) is 6. The molecular formula is C30H24FN8O2W-. The van der Waals surface area contributed by atoms with Crippen molar-refractivity contribution in [2.24, 2.45) is 12.0 Å². The van der Waals surface area contributed by atoms with Gasteiger partial charge in [-0.25, -0.2) is 0 Å². The molecule has 5 aromatic rings. The van der Waals surface area contributed by atoms with Crippen molar-refractivity contribution in [3.05, 3.63) is 101 Å². The van der Waals surface area contributed by atoms with Gasteiger partial charge in [-0.3, -0.25) is 0 Å². The molecule has 6 rings (SSSR count). The van der Waals surface area contributed by atoms with Gasteiger partial charge in [0.2, 0.25) is 0 Å². The van der Waals surface area contributed by atoms with Crippen LogP contribution in [0.5, 0.6) is 0 Å². The fourth-order valence-corrected chi connectivity index (χ4v) is 5.20. The molecule has 0 saturated heterocycles. The molecule has 2 aromatic carbocycles. The van der Waals surface area contributed by atoms with Crippen LogP contribution < -0.4 is 10.7 Å². The first-order valence-corrected chi connectivity index (χ1v) is 14.6. The van der Waals surface area contributed by atoms with Crippen LogP contribution in [0.25, 0.3) is 33.2 Å². The molecule has 210 valence electrons. The molecule has 0 spiro atoms. The second-order valence-electron chi connectivity index (χ2n) is 10.0. The van der Waals surface area contributed by atoms with Crippen LogP contribution in [0.1, 0.15) is 34.9 Å². The maximum absolute atomic E-state index is 13.5. The van der Waals surface area contributed by atoms with Gasteiger partial charge >= 0.3 is 251 Å². The Morgan fingerprint density at radius 3 is 2.71 bits per heavy atom. The number of allylic oxidation sites excluding steroid dienone is 1. The molecule has 0 bridgehead atoms. The average Bonchev–Trinajstić information content (AvgIpc) is 3.56. The van der Waals surface area contributed by atoms with Crippen molar-refractivity contribution >= 4 is 27.2 Å². The molecule has 1 fully saturated rings. The summed E-state index contributed by atoms with van der Waals surface area (Å²) in [5.74, 6) is -1.07. The Balaban J connectivity index is 1.19. The fraction of sp³-hybridized carbons (Fsp3) is 0.167. The van der Waals surface area contributed by atoms with Crippen LogP contribution in [0.3, 0.4) is 0 Å². The minimum absolute atomic E-state index is 0.122. The van der Waals surface area contributed by atoms with E-state index in [1.807, 2.05) is 24.0 Å². The molecule has 1 saturated carbocycles. The number of carbonyl (C=O) groups is 1. The van der Waals surface area contributed by atoms with E-state index in [1.165, 1.54) is 30.5 Å². The molecule has 0 unspecified atom stereocenters. The average molecular weight is 731 g/mol. The first kappa shape index (κ1) is 27.5. The number of benzene rings is 2. The van der Waals surface area contributed by atoms with E-state index < -0.39 is 17.2 Å². The maximum atomic E-state index is 13.5. The number of aromatic nitrogens is 6. The molecule has 1 aliphatic carbocycles. The number of H-pyrrole nitrogens is 1. The van der Waals surface area contributed by atoms with Crippen molar-refractivity contribution in [3.8, 4) is 22.3 Å². The predicted octanol–water partition coefficient (Wildman–Crippen LogP) is 3.70. The Kier molecular flexibility index (Phi) is 7.43. The SMILES string of the molecule is [CH-]=C(/C=N\[C](=[W])NC(=O)c1nn(C2CC2)cc(-c2ccc(F)cc2)c1=O)Cc1cc2cnn(C)c2cc1-c1cn[nH]c1. The van der Waals surface area contributed by atoms with Crippen molar-refractivity contribution in [1.82, 2.24) is 35.1 Å². The van der Waals surface area contributed by atoms with E-state index in [-0.39, 0.29) is 17.3 Å². The van der Waals surface area contributed by atoms with Gasteiger partial charge in [0, 0.05) is 0 Å². The number of carbonyl (C=O) groups excluding carboxylic acids is 1. The predicted molar refractivity (Wildman–Crippen MR) is 153 cm³/mol. The number of fused-ring (bicyclic) bond motifs is 1. The third-order valence-corrected chi connectivity index (χ3v) is 7.72. The first-order chi connectivity index (χ1) is 20.3. The number of hydrogen-bond acceptors (Lipinski definition) is 6. The molecular weight excluding hydrogens is 707 g/mol. The number of amides is 1. The van der Waals surface area contributed by atoms with Gasteiger partial charge in [0.25, 0.3) is 0 Å². The van der Waals surface area contributed by atoms with Gasteiger partial charge in [0.1, 0.15) is 0 Å². The van der Waals surface area contributed by atoms with Crippen LogP contribution in [-0.4, -0.2) is 46.0 Å². The van der Waals surface area contributed by atoms with Gasteiger partial charge in [-0.15, -0.1) is 0 Å². The third kappa shape index (κ3) is 5.73. The molecule has 0 radical (unpaired) electrons. The van der Waals surface area contributed by atoms with E-state index >= 15 is 0 Å². The van der Waals surface area contributed by atoms with Crippen LogP contribution in [0.15, 0.2) is 76.5 Å². The molecule has 2 N–H and O–H groups in total. The number of aromatic amines is 1. The molecule has 12 heteroatoms. The number of rotatable bonds is 9. The minimum atomic E-state index is -0.664. The van der Waals surface area contributed by atoms with E-state index in [0.717, 1.165) is 59.8 Å². The van der Waals surface area contributed by atoms with E-state index in [2.05, 4.69) is 36.8 Å². The molecule has 3 heterocycles. The normalized spacial score (nSPS) is 13.1. The molecule has 42 heavy (non-hydrogen) atoms. The van der Waals surface area contributed by atoms with Gasteiger partial charge in [-0.1, -0.05) is 0 Å². The summed E-state index contributed by atoms with van der Waals surface area (Å²) >= 11 is 0.871. The second kappa shape index (κ2) is 11.3. The zero-order chi connectivity index (χ0) is 29.4. The van der Waals surface area contributed by atoms with Crippen molar-refractivity contribution in [2.45, 2.75) is 25.3 Å². The Bertz CT molecular complexity index is 1940. The van der Waals surface area contributed by atoms with E-state index in [9.17, 15) is 14.0 Å². The standard InChI is InChI=1S/C30H24FN8O2.W/c1-18(9-20-10-21-15-36-38(2)27(21)11-25(20)22-13-34-35-14-22)12-32-17-33-30(41)28-29(40)26(16-39(37-28)24-7-8-24)19-3-5-23(31)6-4-19;/h1,3-6,10-16,24H,7-9H2,2H3,(H,33,41)(H,34,35);/q-1;/b32-12-;. The monoisotopic (exact) mass is 731 g/mol. The Morgan fingerprint density at radius 2 is 2.00 bits per heavy atom. The summed E-state index contributed by atoms with van der Waals surface area (Å²) in [6.07, 6.45) is 10.7. The Labute approximate surface area is 250 Å². The zero-order valence-corrected chi connectivity index (χ0v) is 25.3. The fourth-order valence-electron chi connectivity index (χ4n) is 4.67. The van der Waals surface area contributed by atoms with Crippen molar-refractivity contribution in [2.75, 3.05) is 0 Å².